The lowest BCUT2D eigenvalue weighted by Gasteiger charge is -2.22. The lowest BCUT2D eigenvalue weighted by molar-refractivity contribution is -0.117. The predicted octanol–water partition coefficient (Wildman–Crippen LogP) is 3.92. The van der Waals surface area contributed by atoms with Gasteiger partial charge in [0.2, 0.25) is 0 Å². The Morgan fingerprint density at radius 1 is 1.10 bits per heavy atom. The summed E-state index contributed by atoms with van der Waals surface area (Å²) >= 11 is 3.17. The number of rotatable bonds is 3. The van der Waals surface area contributed by atoms with Gasteiger partial charge in [0, 0.05) is 17.2 Å². The second-order valence-electron chi connectivity index (χ2n) is 7.21. The number of nitriles is 1. The van der Waals surface area contributed by atoms with Gasteiger partial charge in [0.25, 0.3) is 11.8 Å². The number of benzene rings is 1. The average molecular weight is 467 g/mol. The first-order valence-electron chi connectivity index (χ1n) is 9.77. The van der Waals surface area contributed by atoms with Crippen molar-refractivity contribution < 1.29 is 14.0 Å². The molecule has 0 unspecified atom stereocenters. The normalized spacial score (nSPS) is 17.5. The van der Waals surface area contributed by atoms with Crippen LogP contribution in [0.1, 0.15) is 53.8 Å². The number of carbonyl (C=O) groups excluding carboxylic acids is 2. The number of nitrogens with zero attached hydrogens (tertiary/aromatic N) is 2. The minimum atomic E-state index is -0.472. The van der Waals surface area contributed by atoms with Gasteiger partial charge in [0.1, 0.15) is 17.5 Å². The standard InChI is InChI=1S/C22H19BrN4O3/c23-18-11-10-17(30-18)22(29)27-20-15-9-5-4-8-14(15)19(26-20)16(12-24)21(28)25-13-6-2-1-3-7-13/h4-5,8-11,13H,1-3,6-7H2,(H,25,28)(H,26,27,29)/b19-16-. The molecule has 2 amide bonds. The Bertz CT molecular complexity index is 1100. The molecule has 152 valence electrons. The van der Waals surface area contributed by atoms with Crippen molar-refractivity contribution in [2.45, 2.75) is 38.1 Å². The number of amidine groups is 1. The lowest BCUT2D eigenvalue weighted by atomic mass is 9.95. The summed E-state index contributed by atoms with van der Waals surface area (Å²) in [7, 11) is 0. The fourth-order valence-corrected chi connectivity index (χ4v) is 4.04. The molecule has 1 aromatic carbocycles. The van der Waals surface area contributed by atoms with Crippen molar-refractivity contribution in [3.05, 3.63) is 63.5 Å². The van der Waals surface area contributed by atoms with E-state index in [4.69, 9.17) is 4.42 Å². The first-order chi connectivity index (χ1) is 14.6. The van der Waals surface area contributed by atoms with Crippen LogP contribution in [-0.2, 0) is 4.79 Å². The Balaban J connectivity index is 1.65. The van der Waals surface area contributed by atoms with Crippen molar-refractivity contribution >= 4 is 39.3 Å². The van der Waals surface area contributed by atoms with E-state index >= 15 is 0 Å². The molecule has 1 aliphatic carbocycles. The summed E-state index contributed by atoms with van der Waals surface area (Å²) in [5, 5.41) is 15.4. The third-order valence-corrected chi connectivity index (χ3v) is 5.63. The molecule has 1 saturated carbocycles. The van der Waals surface area contributed by atoms with Gasteiger partial charge in [-0.25, -0.2) is 4.99 Å². The monoisotopic (exact) mass is 466 g/mol. The second-order valence-corrected chi connectivity index (χ2v) is 7.99. The van der Waals surface area contributed by atoms with E-state index in [9.17, 15) is 14.9 Å². The molecule has 2 heterocycles. The van der Waals surface area contributed by atoms with Crippen LogP contribution < -0.4 is 10.6 Å². The first-order valence-corrected chi connectivity index (χ1v) is 10.6. The summed E-state index contributed by atoms with van der Waals surface area (Å²) in [6.07, 6.45) is 5.15. The zero-order valence-electron chi connectivity index (χ0n) is 16.1. The van der Waals surface area contributed by atoms with Crippen LogP contribution in [-0.4, -0.2) is 23.7 Å². The summed E-state index contributed by atoms with van der Waals surface area (Å²) in [6.45, 7) is 0. The molecule has 1 aromatic heterocycles. The Kier molecular flexibility index (Phi) is 5.81. The van der Waals surface area contributed by atoms with E-state index in [1.54, 1.807) is 30.3 Å². The quantitative estimate of drug-likeness (QED) is 0.527. The summed E-state index contributed by atoms with van der Waals surface area (Å²) in [5.41, 5.74) is 1.48. The van der Waals surface area contributed by atoms with Crippen molar-refractivity contribution in [2.24, 2.45) is 4.99 Å². The number of hydrogen-bond acceptors (Lipinski definition) is 5. The van der Waals surface area contributed by atoms with Gasteiger partial charge in [-0.15, -0.1) is 0 Å². The Labute approximate surface area is 182 Å². The van der Waals surface area contributed by atoms with Gasteiger partial charge in [-0.1, -0.05) is 43.5 Å². The molecule has 30 heavy (non-hydrogen) atoms. The highest BCUT2D eigenvalue weighted by molar-refractivity contribution is 9.10. The number of aliphatic imine (C=N–C) groups is 1. The Morgan fingerprint density at radius 3 is 2.50 bits per heavy atom. The van der Waals surface area contributed by atoms with Gasteiger partial charge in [0.15, 0.2) is 10.4 Å². The SMILES string of the molecule is N#C/C(C(=O)NC1CCCCC1)=C1/N=C(NC(=O)c2ccc(Br)o2)c2ccccc21. The third-order valence-electron chi connectivity index (χ3n) is 5.21. The van der Waals surface area contributed by atoms with Crippen LogP contribution >= 0.6 is 15.9 Å². The third kappa shape index (κ3) is 4.07. The number of halogens is 1. The fourth-order valence-electron chi connectivity index (χ4n) is 3.74. The molecule has 7 nitrogen and oxygen atoms in total. The molecule has 1 aliphatic heterocycles. The second kappa shape index (κ2) is 8.67. The maximum atomic E-state index is 12.8. The molecular weight excluding hydrogens is 448 g/mol. The highest BCUT2D eigenvalue weighted by Crippen LogP contribution is 2.31. The molecule has 0 bridgehead atoms. The van der Waals surface area contributed by atoms with E-state index in [0.717, 1.165) is 25.7 Å². The zero-order chi connectivity index (χ0) is 21.1. The van der Waals surface area contributed by atoms with Gasteiger partial charge in [-0.3, -0.25) is 9.59 Å². The highest BCUT2D eigenvalue weighted by atomic mass is 79.9. The molecule has 0 radical (unpaired) electrons. The largest absolute Gasteiger partial charge is 0.444 e. The number of furan rings is 1. The van der Waals surface area contributed by atoms with Gasteiger partial charge >= 0.3 is 0 Å². The number of hydrogen-bond donors (Lipinski definition) is 2. The number of fused-ring (bicyclic) bond motifs is 1. The van der Waals surface area contributed by atoms with Crippen LogP contribution in [0.4, 0.5) is 0 Å². The van der Waals surface area contributed by atoms with E-state index in [0.29, 0.717) is 15.8 Å². The molecule has 0 spiro atoms. The number of carbonyl (C=O) groups is 2. The zero-order valence-corrected chi connectivity index (χ0v) is 17.7. The molecule has 0 saturated heterocycles. The summed E-state index contributed by atoms with van der Waals surface area (Å²) in [6, 6.07) is 12.4. The number of nitrogens with one attached hydrogen (secondary N) is 2. The Hall–Kier alpha value is -3.18. The van der Waals surface area contributed by atoms with Crippen LogP contribution in [0.2, 0.25) is 0 Å². The van der Waals surface area contributed by atoms with Gasteiger partial charge in [0.05, 0.1) is 5.70 Å². The molecule has 2 N–H and O–H groups in total. The van der Waals surface area contributed by atoms with Crippen molar-refractivity contribution in [1.82, 2.24) is 10.6 Å². The molecule has 2 aliphatic rings. The van der Waals surface area contributed by atoms with E-state index in [2.05, 4.69) is 31.6 Å². The topological polar surface area (TPSA) is 107 Å². The molecule has 4 rings (SSSR count). The van der Waals surface area contributed by atoms with E-state index < -0.39 is 11.8 Å². The van der Waals surface area contributed by atoms with E-state index in [1.165, 1.54) is 12.5 Å². The lowest BCUT2D eigenvalue weighted by Crippen LogP contribution is -2.37. The molecule has 1 fully saturated rings. The molecule has 2 aromatic rings. The number of amides is 2. The maximum Gasteiger partial charge on any atom is 0.292 e. The van der Waals surface area contributed by atoms with Crippen LogP contribution in [0, 0.1) is 11.3 Å². The summed E-state index contributed by atoms with van der Waals surface area (Å²) in [4.78, 5) is 29.8. The van der Waals surface area contributed by atoms with Crippen molar-refractivity contribution in [1.29, 1.82) is 5.26 Å². The summed E-state index contributed by atoms with van der Waals surface area (Å²) < 4.78 is 5.72. The van der Waals surface area contributed by atoms with Crippen LogP contribution in [0.15, 0.2) is 56.1 Å². The van der Waals surface area contributed by atoms with E-state index in [1.807, 2.05) is 6.07 Å². The molecule has 0 atom stereocenters. The van der Waals surface area contributed by atoms with Gasteiger partial charge in [-0.05, 0) is 40.9 Å². The smallest absolute Gasteiger partial charge is 0.292 e. The van der Waals surface area contributed by atoms with Gasteiger partial charge in [-0.2, -0.15) is 5.26 Å². The maximum absolute atomic E-state index is 12.8. The minimum Gasteiger partial charge on any atom is -0.444 e. The minimum absolute atomic E-state index is 0.0574. The van der Waals surface area contributed by atoms with Gasteiger partial charge < -0.3 is 15.1 Å². The molecule has 8 heteroatoms. The van der Waals surface area contributed by atoms with E-state index in [-0.39, 0.29) is 28.9 Å². The van der Waals surface area contributed by atoms with Crippen LogP contribution in [0.25, 0.3) is 5.70 Å². The molecular formula is C22H19BrN4O3. The van der Waals surface area contributed by atoms with Crippen LogP contribution in [0.5, 0.6) is 0 Å². The van der Waals surface area contributed by atoms with Crippen molar-refractivity contribution in [2.75, 3.05) is 0 Å². The predicted molar refractivity (Wildman–Crippen MR) is 114 cm³/mol. The highest BCUT2D eigenvalue weighted by Gasteiger charge is 2.28. The van der Waals surface area contributed by atoms with Crippen LogP contribution in [0.3, 0.4) is 0 Å². The fraction of sp³-hybridized carbons (Fsp3) is 0.273. The average Bonchev–Trinajstić information content (AvgIpc) is 3.34. The summed E-state index contributed by atoms with van der Waals surface area (Å²) in [5.74, 6) is -0.507. The van der Waals surface area contributed by atoms with Crippen molar-refractivity contribution in [3.8, 4) is 6.07 Å². The first kappa shape index (κ1) is 20.1. The Morgan fingerprint density at radius 2 is 1.83 bits per heavy atom. The van der Waals surface area contributed by atoms with Crippen molar-refractivity contribution in [3.63, 3.8) is 0 Å².